The molecule has 1 aromatic carbocycles. The Hall–Kier alpha value is -0.950. The smallest absolute Gasteiger partial charge is 0.374 e. The Labute approximate surface area is 94.9 Å². The summed E-state index contributed by atoms with van der Waals surface area (Å²) < 4.78 is 61.2. The summed E-state index contributed by atoms with van der Waals surface area (Å²) in [6.45, 7) is 1.51. The van der Waals surface area contributed by atoms with Crippen molar-refractivity contribution in [2.75, 3.05) is 0 Å². The van der Waals surface area contributed by atoms with Crippen LogP contribution in [0.15, 0.2) is 18.2 Å². The first-order chi connectivity index (χ1) is 7.15. The van der Waals surface area contributed by atoms with E-state index < -0.39 is 21.4 Å². The van der Waals surface area contributed by atoms with Crippen molar-refractivity contribution in [1.82, 2.24) is 0 Å². The molecule has 0 aromatic heterocycles. The molecule has 0 atom stereocenters. The zero-order valence-electron chi connectivity index (χ0n) is 7.88. The van der Waals surface area contributed by atoms with Crippen LogP contribution in [0, 0.1) is 6.92 Å². The van der Waals surface area contributed by atoms with E-state index in [1.54, 1.807) is 0 Å². The van der Waals surface area contributed by atoms with E-state index in [1.807, 2.05) is 0 Å². The zero-order valence-corrected chi connectivity index (χ0v) is 9.45. The largest absolute Gasteiger partial charge is 0.534 e. The molecule has 0 saturated heterocycles. The molecule has 0 unspecified atom stereocenters. The van der Waals surface area contributed by atoms with Crippen molar-refractivity contribution in [3.63, 3.8) is 0 Å². The Morgan fingerprint density at radius 2 is 1.88 bits per heavy atom. The van der Waals surface area contributed by atoms with Crippen LogP contribution in [0.25, 0.3) is 0 Å². The van der Waals surface area contributed by atoms with E-state index in [2.05, 4.69) is 4.18 Å². The van der Waals surface area contributed by atoms with Crippen molar-refractivity contribution in [3.05, 3.63) is 28.8 Å². The molecule has 0 fully saturated rings. The highest BCUT2D eigenvalue weighted by Crippen LogP contribution is 2.32. The Kier molecular flexibility index (Phi) is 3.39. The molecular formula is C8H6ClF3O3S. The first-order valence-corrected chi connectivity index (χ1v) is 5.69. The minimum atomic E-state index is -5.67. The molecule has 0 aliphatic carbocycles. The molecule has 0 spiro atoms. The number of hydrogen-bond donors (Lipinski definition) is 0. The second kappa shape index (κ2) is 4.14. The summed E-state index contributed by atoms with van der Waals surface area (Å²) in [7, 11) is -5.67. The van der Waals surface area contributed by atoms with E-state index in [0.29, 0.717) is 5.56 Å². The molecule has 16 heavy (non-hydrogen) atoms. The maximum absolute atomic E-state index is 12.0. The molecule has 0 radical (unpaired) electrons. The maximum atomic E-state index is 12.0. The Balaban J connectivity index is 3.12. The molecule has 0 amide bonds. The van der Waals surface area contributed by atoms with Crippen molar-refractivity contribution >= 4 is 21.7 Å². The predicted octanol–water partition coefficient (Wildman–Crippen LogP) is 2.88. The molecule has 90 valence electrons. The van der Waals surface area contributed by atoms with Crippen LogP contribution in [0.5, 0.6) is 5.75 Å². The quantitative estimate of drug-likeness (QED) is 0.615. The summed E-state index contributed by atoms with van der Waals surface area (Å²) in [5.41, 5.74) is -5.06. The van der Waals surface area contributed by atoms with Crippen molar-refractivity contribution < 1.29 is 25.8 Å². The predicted molar refractivity (Wildman–Crippen MR) is 51.8 cm³/mol. The lowest BCUT2D eigenvalue weighted by atomic mass is 10.2. The van der Waals surface area contributed by atoms with Gasteiger partial charge in [-0.3, -0.25) is 0 Å². The molecule has 0 N–H and O–H groups in total. The summed E-state index contributed by atoms with van der Waals surface area (Å²) in [4.78, 5) is 0. The van der Waals surface area contributed by atoms with E-state index in [1.165, 1.54) is 19.1 Å². The molecule has 1 aromatic rings. The number of halogens is 4. The molecule has 3 nitrogen and oxygen atoms in total. The standard InChI is InChI=1S/C8H6ClF3O3S/c1-5-3-2-4-6(7(5)9)15-16(13,14)8(10,11)12/h2-4H,1H3. The van der Waals surface area contributed by atoms with Crippen molar-refractivity contribution in [2.45, 2.75) is 12.4 Å². The van der Waals surface area contributed by atoms with Gasteiger partial charge in [0.15, 0.2) is 5.75 Å². The second-order valence-corrected chi connectivity index (χ2v) is 4.79. The number of benzene rings is 1. The highest BCUT2D eigenvalue weighted by molar-refractivity contribution is 7.88. The van der Waals surface area contributed by atoms with Gasteiger partial charge in [0.2, 0.25) is 0 Å². The van der Waals surface area contributed by atoms with Gasteiger partial charge in [0.1, 0.15) is 0 Å². The van der Waals surface area contributed by atoms with Crippen molar-refractivity contribution in [3.8, 4) is 5.75 Å². The third kappa shape index (κ3) is 2.59. The molecule has 0 saturated carbocycles. The molecule has 0 heterocycles. The van der Waals surface area contributed by atoms with E-state index in [-0.39, 0.29) is 5.02 Å². The average molecular weight is 275 g/mol. The molecule has 0 aliphatic rings. The van der Waals surface area contributed by atoms with Crippen LogP contribution < -0.4 is 4.18 Å². The lowest BCUT2D eigenvalue weighted by molar-refractivity contribution is -0.0500. The van der Waals surface area contributed by atoms with Gasteiger partial charge in [-0.05, 0) is 18.6 Å². The fourth-order valence-electron chi connectivity index (χ4n) is 0.850. The first-order valence-electron chi connectivity index (χ1n) is 3.91. The summed E-state index contributed by atoms with van der Waals surface area (Å²) in [5.74, 6) is -0.543. The van der Waals surface area contributed by atoms with Gasteiger partial charge in [0, 0.05) is 0 Å². The molecule has 0 aliphatic heterocycles. The number of rotatable bonds is 2. The van der Waals surface area contributed by atoms with Gasteiger partial charge >= 0.3 is 15.6 Å². The lowest BCUT2D eigenvalue weighted by Gasteiger charge is -2.11. The van der Waals surface area contributed by atoms with Crippen LogP contribution in [0.2, 0.25) is 5.02 Å². The van der Waals surface area contributed by atoms with E-state index in [0.717, 1.165) is 6.07 Å². The third-order valence-corrected chi connectivity index (χ3v) is 3.09. The van der Waals surface area contributed by atoms with E-state index >= 15 is 0 Å². The monoisotopic (exact) mass is 274 g/mol. The van der Waals surface area contributed by atoms with Crippen LogP contribution in [0.4, 0.5) is 13.2 Å². The van der Waals surface area contributed by atoms with Crippen LogP contribution in [0.3, 0.4) is 0 Å². The zero-order chi connectivity index (χ0) is 12.6. The van der Waals surface area contributed by atoms with Gasteiger partial charge in [-0.2, -0.15) is 21.6 Å². The summed E-state index contributed by atoms with van der Waals surface area (Å²) in [6.07, 6.45) is 0. The van der Waals surface area contributed by atoms with E-state index in [9.17, 15) is 21.6 Å². The third-order valence-electron chi connectivity index (χ3n) is 1.64. The minimum absolute atomic E-state index is 0.171. The fraction of sp³-hybridized carbons (Fsp3) is 0.250. The number of aryl methyl sites for hydroxylation is 1. The Bertz CT molecular complexity index is 496. The minimum Gasteiger partial charge on any atom is -0.374 e. The van der Waals surface area contributed by atoms with Crippen molar-refractivity contribution in [2.24, 2.45) is 0 Å². The van der Waals surface area contributed by atoms with Gasteiger partial charge in [-0.15, -0.1) is 0 Å². The number of hydrogen-bond acceptors (Lipinski definition) is 3. The van der Waals surface area contributed by atoms with Gasteiger partial charge in [0.05, 0.1) is 5.02 Å². The highest BCUT2D eigenvalue weighted by atomic mass is 35.5. The Morgan fingerprint density at radius 3 is 2.38 bits per heavy atom. The molecule has 1 rings (SSSR count). The molecular weight excluding hydrogens is 269 g/mol. The van der Waals surface area contributed by atoms with Crippen LogP contribution in [-0.4, -0.2) is 13.9 Å². The lowest BCUT2D eigenvalue weighted by Crippen LogP contribution is -2.28. The summed E-state index contributed by atoms with van der Waals surface area (Å²) in [5, 5.41) is -0.171. The normalized spacial score (nSPS) is 12.6. The van der Waals surface area contributed by atoms with Crippen LogP contribution in [-0.2, 0) is 10.1 Å². The van der Waals surface area contributed by atoms with Crippen LogP contribution >= 0.6 is 11.6 Å². The summed E-state index contributed by atoms with van der Waals surface area (Å²) in [6, 6.07) is 3.89. The van der Waals surface area contributed by atoms with Gasteiger partial charge in [-0.1, -0.05) is 23.7 Å². The molecule has 0 bridgehead atoms. The van der Waals surface area contributed by atoms with Crippen molar-refractivity contribution in [1.29, 1.82) is 0 Å². The topological polar surface area (TPSA) is 43.4 Å². The van der Waals surface area contributed by atoms with Gasteiger partial charge in [0.25, 0.3) is 0 Å². The summed E-state index contributed by atoms with van der Waals surface area (Å²) >= 11 is 5.59. The average Bonchev–Trinajstić information content (AvgIpc) is 2.11. The second-order valence-electron chi connectivity index (χ2n) is 2.87. The fourth-order valence-corrected chi connectivity index (χ4v) is 1.53. The molecule has 8 heteroatoms. The van der Waals surface area contributed by atoms with E-state index in [4.69, 9.17) is 11.6 Å². The van der Waals surface area contributed by atoms with Crippen LogP contribution in [0.1, 0.15) is 5.56 Å². The maximum Gasteiger partial charge on any atom is 0.534 e. The first kappa shape index (κ1) is 13.1. The van der Waals surface area contributed by atoms with Gasteiger partial charge in [-0.25, -0.2) is 0 Å². The van der Waals surface area contributed by atoms with Gasteiger partial charge < -0.3 is 4.18 Å². The Morgan fingerprint density at radius 1 is 1.31 bits per heavy atom. The highest BCUT2D eigenvalue weighted by Gasteiger charge is 2.48. The SMILES string of the molecule is Cc1cccc(OS(=O)(=O)C(F)(F)F)c1Cl. The number of alkyl halides is 3.